The van der Waals surface area contributed by atoms with Crippen LogP contribution in [0.1, 0.15) is 19.2 Å². The Morgan fingerprint density at radius 3 is 2.95 bits per heavy atom. The SMILES string of the molecule is C=CCn1c(C)nc(-c2cccc(OCCC)c2)c1N. The Hall–Kier alpha value is -2.23. The molecule has 2 N–H and O–H groups in total. The fraction of sp³-hybridized carbons (Fsp3) is 0.312. The van der Waals surface area contributed by atoms with Gasteiger partial charge in [-0.2, -0.15) is 0 Å². The van der Waals surface area contributed by atoms with Gasteiger partial charge >= 0.3 is 0 Å². The number of aryl methyl sites for hydroxylation is 1. The van der Waals surface area contributed by atoms with E-state index in [1.54, 1.807) is 0 Å². The van der Waals surface area contributed by atoms with Gasteiger partial charge < -0.3 is 15.0 Å². The molecule has 0 atom stereocenters. The molecule has 0 radical (unpaired) electrons. The third-order valence-corrected chi connectivity index (χ3v) is 3.09. The molecule has 0 unspecified atom stereocenters. The first-order chi connectivity index (χ1) is 9.67. The molecule has 1 aromatic carbocycles. The molecule has 106 valence electrons. The van der Waals surface area contributed by atoms with Crippen LogP contribution in [0.15, 0.2) is 36.9 Å². The third kappa shape index (κ3) is 2.85. The number of hydrogen-bond donors (Lipinski definition) is 1. The first kappa shape index (κ1) is 14.2. The largest absolute Gasteiger partial charge is 0.494 e. The van der Waals surface area contributed by atoms with Crippen molar-refractivity contribution >= 4 is 5.82 Å². The zero-order valence-corrected chi connectivity index (χ0v) is 12.1. The number of ether oxygens (including phenoxy) is 1. The van der Waals surface area contributed by atoms with Gasteiger partial charge in [0.2, 0.25) is 0 Å². The standard InChI is InChI=1S/C16H21N3O/c1-4-9-19-12(3)18-15(16(19)17)13-7-6-8-14(11-13)20-10-5-2/h4,6-8,11H,1,5,9-10,17H2,2-3H3. The van der Waals surface area contributed by atoms with Gasteiger partial charge in [-0.3, -0.25) is 0 Å². The second-order valence-corrected chi connectivity index (χ2v) is 4.67. The molecule has 4 nitrogen and oxygen atoms in total. The van der Waals surface area contributed by atoms with Crippen molar-refractivity contribution in [2.24, 2.45) is 0 Å². The van der Waals surface area contributed by atoms with Crippen LogP contribution in [0.2, 0.25) is 0 Å². The minimum absolute atomic E-state index is 0.662. The number of benzene rings is 1. The normalized spacial score (nSPS) is 10.5. The molecule has 0 aliphatic carbocycles. The Balaban J connectivity index is 2.36. The van der Waals surface area contributed by atoms with Gasteiger partial charge in [-0.15, -0.1) is 6.58 Å². The molecule has 1 heterocycles. The van der Waals surface area contributed by atoms with E-state index in [-0.39, 0.29) is 0 Å². The molecule has 0 saturated heterocycles. The number of imidazole rings is 1. The molecule has 0 saturated carbocycles. The molecule has 1 aromatic heterocycles. The quantitative estimate of drug-likeness (QED) is 0.819. The van der Waals surface area contributed by atoms with Crippen LogP contribution < -0.4 is 10.5 Å². The van der Waals surface area contributed by atoms with Crippen molar-refractivity contribution in [1.29, 1.82) is 0 Å². The Morgan fingerprint density at radius 1 is 1.45 bits per heavy atom. The van der Waals surface area contributed by atoms with E-state index in [4.69, 9.17) is 10.5 Å². The lowest BCUT2D eigenvalue weighted by atomic mass is 10.1. The summed E-state index contributed by atoms with van der Waals surface area (Å²) >= 11 is 0. The number of allylic oxidation sites excluding steroid dienone is 1. The average molecular weight is 271 g/mol. The number of nitrogens with two attached hydrogens (primary N) is 1. The minimum Gasteiger partial charge on any atom is -0.494 e. The van der Waals surface area contributed by atoms with Crippen LogP contribution in [0, 0.1) is 6.92 Å². The molecule has 0 bridgehead atoms. The van der Waals surface area contributed by atoms with Crippen molar-refractivity contribution in [1.82, 2.24) is 9.55 Å². The fourth-order valence-electron chi connectivity index (χ4n) is 2.11. The van der Waals surface area contributed by atoms with Gasteiger partial charge in [0.05, 0.1) is 6.61 Å². The van der Waals surface area contributed by atoms with Crippen molar-refractivity contribution in [2.45, 2.75) is 26.8 Å². The highest BCUT2D eigenvalue weighted by Gasteiger charge is 2.13. The van der Waals surface area contributed by atoms with E-state index in [9.17, 15) is 0 Å². The van der Waals surface area contributed by atoms with Crippen LogP contribution in [0.5, 0.6) is 5.75 Å². The highest BCUT2D eigenvalue weighted by molar-refractivity contribution is 5.72. The molecule has 0 amide bonds. The molecule has 0 fully saturated rings. The molecular weight excluding hydrogens is 250 g/mol. The summed E-state index contributed by atoms with van der Waals surface area (Å²) in [5.41, 5.74) is 7.96. The van der Waals surface area contributed by atoms with E-state index >= 15 is 0 Å². The van der Waals surface area contributed by atoms with Crippen molar-refractivity contribution < 1.29 is 4.74 Å². The van der Waals surface area contributed by atoms with E-state index in [0.29, 0.717) is 19.0 Å². The summed E-state index contributed by atoms with van der Waals surface area (Å²) in [6.45, 7) is 9.15. The van der Waals surface area contributed by atoms with Crippen molar-refractivity contribution in [3.05, 3.63) is 42.7 Å². The van der Waals surface area contributed by atoms with Crippen LogP contribution in [0.4, 0.5) is 5.82 Å². The second kappa shape index (κ2) is 6.28. The summed E-state index contributed by atoms with van der Waals surface area (Å²) in [6, 6.07) is 7.88. The maximum atomic E-state index is 6.18. The summed E-state index contributed by atoms with van der Waals surface area (Å²) in [7, 11) is 0. The fourth-order valence-corrected chi connectivity index (χ4v) is 2.11. The number of aromatic nitrogens is 2. The minimum atomic E-state index is 0.662. The molecule has 2 rings (SSSR count). The van der Waals surface area contributed by atoms with Crippen LogP contribution in [0.25, 0.3) is 11.3 Å². The molecule has 0 aliphatic rings. The summed E-state index contributed by atoms with van der Waals surface area (Å²) in [6.07, 6.45) is 2.80. The van der Waals surface area contributed by atoms with Gasteiger partial charge in [0, 0.05) is 12.1 Å². The van der Waals surface area contributed by atoms with Crippen molar-refractivity contribution in [3.63, 3.8) is 0 Å². The van der Waals surface area contributed by atoms with Gasteiger partial charge in [0.25, 0.3) is 0 Å². The van der Waals surface area contributed by atoms with Crippen LogP contribution in [-0.4, -0.2) is 16.2 Å². The average Bonchev–Trinajstić information content (AvgIpc) is 2.74. The van der Waals surface area contributed by atoms with Gasteiger partial charge in [-0.25, -0.2) is 4.98 Å². The Labute approximate surface area is 119 Å². The lowest BCUT2D eigenvalue weighted by molar-refractivity contribution is 0.317. The lowest BCUT2D eigenvalue weighted by Gasteiger charge is -2.07. The summed E-state index contributed by atoms with van der Waals surface area (Å²) < 4.78 is 7.60. The zero-order chi connectivity index (χ0) is 14.5. The van der Waals surface area contributed by atoms with Gasteiger partial charge in [-0.1, -0.05) is 25.1 Å². The van der Waals surface area contributed by atoms with E-state index in [2.05, 4.69) is 18.5 Å². The Morgan fingerprint density at radius 2 is 2.25 bits per heavy atom. The molecule has 4 heteroatoms. The Bertz CT molecular complexity index is 602. The van der Waals surface area contributed by atoms with E-state index in [1.807, 2.05) is 41.8 Å². The third-order valence-electron chi connectivity index (χ3n) is 3.09. The van der Waals surface area contributed by atoms with Crippen molar-refractivity contribution in [2.75, 3.05) is 12.3 Å². The predicted octanol–water partition coefficient (Wildman–Crippen LogP) is 3.42. The topological polar surface area (TPSA) is 53.1 Å². The van der Waals surface area contributed by atoms with E-state index in [0.717, 1.165) is 29.3 Å². The zero-order valence-electron chi connectivity index (χ0n) is 12.1. The number of hydrogen-bond acceptors (Lipinski definition) is 3. The molecule has 0 aliphatic heterocycles. The molecule has 2 aromatic rings. The summed E-state index contributed by atoms with van der Waals surface area (Å²) in [5, 5.41) is 0. The van der Waals surface area contributed by atoms with E-state index in [1.165, 1.54) is 0 Å². The maximum absolute atomic E-state index is 6.18. The first-order valence-electron chi connectivity index (χ1n) is 6.84. The van der Waals surface area contributed by atoms with E-state index < -0.39 is 0 Å². The smallest absolute Gasteiger partial charge is 0.132 e. The summed E-state index contributed by atoms with van der Waals surface area (Å²) in [4.78, 5) is 4.56. The van der Waals surface area contributed by atoms with Crippen LogP contribution >= 0.6 is 0 Å². The highest BCUT2D eigenvalue weighted by atomic mass is 16.5. The number of nitrogen functional groups attached to an aromatic ring is 1. The summed E-state index contributed by atoms with van der Waals surface area (Å²) in [5.74, 6) is 2.40. The second-order valence-electron chi connectivity index (χ2n) is 4.67. The van der Waals surface area contributed by atoms with Crippen LogP contribution in [-0.2, 0) is 6.54 Å². The Kier molecular flexibility index (Phi) is 4.45. The monoisotopic (exact) mass is 271 g/mol. The predicted molar refractivity (Wildman–Crippen MR) is 82.8 cm³/mol. The number of anilines is 1. The highest BCUT2D eigenvalue weighted by Crippen LogP contribution is 2.28. The molecule has 20 heavy (non-hydrogen) atoms. The van der Waals surface area contributed by atoms with Gasteiger partial charge in [0.15, 0.2) is 0 Å². The molecule has 0 spiro atoms. The van der Waals surface area contributed by atoms with Crippen molar-refractivity contribution in [3.8, 4) is 17.0 Å². The number of nitrogens with zero attached hydrogens (tertiary/aromatic N) is 2. The van der Waals surface area contributed by atoms with Gasteiger partial charge in [-0.05, 0) is 25.5 Å². The first-order valence-corrected chi connectivity index (χ1v) is 6.84. The number of rotatable bonds is 6. The maximum Gasteiger partial charge on any atom is 0.132 e. The molecular formula is C16H21N3O. The van der Waals surface area contributed by atoms with Crippen LogP contribution in [0.3, 0.4) is 0 Å². The lowest BCUT2D eigenvalue weighted by Crippen LogP contribution is -2.03. The van der Waals surface area contributed by atoms with Gasteiger partial charge in [0.1, 0.15) is 23.1 Å².